The van der Waals surface area contributed by atoms with Gasteiger partial charge < -0.3 is 14.4 Å². The van der Waals surface area contributed by atoms with E-state index < -0.39 is 0 Å². The molecule has 0 fully saturated rings. The summed E-state index contributed by atoms with van der Waals surface area (Å²) in [7, 11) is 0. The standard InChI is InChI=1S/C24H28ClN3O3/c1-3-27(4-2)13-5-15-30-22-10-8-21(9-11-22)28-14-12-23(16-24(28)29)31-18-20-7-6-19(25)17-26-20/h6-12,14,16-17H,3-5,13,15,18H2,1-2H3. The number of nitrogens with zero attached hydrogens (tertiary/aromatic N) is 3. The molecular weight excluding hydrogens is 414 g/mol. The van der Waals surface area contributed by atoms with Crippen LogP contribution < -0.4 is 15.0 Å². The van der Waals surface area contributed by atoms with Crippen LogP contribution in [0.4, 0.5) is 0 Å². The zero-order valence-corrected chi connectivity index (χ0v) is 18.7. The predicted molar refractivity (Wildman–Crippen MR) is 124 cm³/mol. The first-order chi connectivity index (χ1) is 15.1. The molecule has 0 amide bonds. The molecule has 2 aromatic heterocycles. The molecule has 3 aromatic rings. The second kappa shape index (κ2) is 11.5. The second-order valence-electron chi connectivity index (χ2n) is 7.05. The van der Waals surface area contributed by atoms with E-state index in [-0.39, 0.29) is 12.2 Å². The van der Waals surface area contributed by atoms with Crippen LogP contribution in [0.15, 0.2) is 65.7 Å². The van der Waals surface area contributed by atoms with Crippen molar-refractivity contribution in [3.63, 3.8) is 0 Å². The van der Waals surface area contributed by atoms with Crippen LogP contribution in [-0.2, 0) is 6.61 Å². The second-order valence-corrected chi connectivity index (χ2v) is 7.49. The van der Waals surface area contributed by atoms with Crippen LogP contribution >= 0.6 is 11.6 Å². The molecule has 7 heteroatoms. The predicted octanol–water partition coefficient (Wildman–Crippen LogP) is 4.58. The summed E-state index contributed by atoms with van der Waals surface area (Å²) >= 11 is 5.83. The van der Waals surface area contributed by atoms with Gasteiger partial charge in [0.15, 0.2) is 0 Å². The highest BCUT2D eigenvalue weighted by Gasteiger charge is 2.05. The molecule has 0 N–H and O–H groups in total. The monoisotopic (exact) mass is 441 g/mol. The smallest absolute Gasteiger partial charge is 0.258 e. The molecule has 0 unspecified atom stereocenters. The summed E-state index contributed by atoms with van der Waals surface area (Å²) in [5.41, 5.74) is 1.34. The van der Waals surface area contributed by atoms with Crippen molar-refractivity contribution in [2.45, 2.75) is 26.9 Å². The van der Waals surface area contributed by atoms with Crippen LogP contribution in [0.2, 0.25) is 5.02 Å². The molecule has 0 radical (unpaired) electrons. The maximum Gasteiger partial charge on any atom is 0.258 e. The van der Waals surface area contributed by atoms with Crippen molar-refractivity contribution in [1.29, 1.82) is 0 Å². The van der Waals surface area contributed by atoms with Crippen LogP contribution in [0.3, 0.4) is 0 Å². The van der Waals surface area contributed by atoms with Crippen LogP contribution in [0.1, 0.15) is 26.0 Å². The fraction of sp³-hybridized carbons (Fsp3) is 0.333. The van der Waals surface area contributed by atoms with Crippen LogP contribution in [0.5, 0.6) is 11.5 Å². The number of ether oxygens (including phenoxy) is 2. The van der Waals surface area contributed by atoms with Gasteiger partial charge in [0.1, 0.15) is 18.1 Å². The molecule has 0 atom stereocenters. The van der Waals surface area contributed by atoms with Crippen molar-refractivity contribution < 1.29 is 9.47 Å². The number of aromatic nitrogens is 2. The summed E-state index contributed by atoms with van der Waals surface area (Å²) < 4.78 is 13.1. The van der Waals surface area contributed by atoms with Gasteiger partial charge in [0.2, 0.25) is 0 Å². The number of benzene rings is 1. The summed E-state index contributed by atoms with van der Waals surface area (Å²) in [6.45, 7) is 8.42. The van der Waals surface area contributed by atoms with Gasteiger partial charge in [-0.25, -0.2) is 0 Å². The van der Waals surface area contributed by atoms with E-state index in [1.807, 2.05) is 24.3 Å². The molecule has 0 aliphatic rings. The van der Waals surface area contributed by atoms with Crippen molar-refractivity contribution in [3.05, 3.63) is 82.0 Å². The molecule has 0 aliphatic heterocycles. The fourth-order valence-corrected chi connectivity index (χ4v) is 3.25. The summed E-state index contributed by atoms with van der Waals surface area (Å²) in [4.78, 5) is 19.1. The summed E-state index contributed by atoms with van der Waals surface area (Å²) in [6.07, 6.45) is 4.25. The van der Waals surface area contributed by atoms with E-state index in [1.54, 1.807) is 35.2 Å². The lowest BCUT2D eigenvalue weighted by Gasteiger charge is -2.17. The lowest BCUT2D eigenvalue weighted by atomic mass is 10.3. The van der Waals surface area contributed by atoms with E-state index in [4.69, 9.17) is 21.1 Å². The largest absolute Gasteiger partial charge is 0.494 e. The van der Waals surface area contributed by atoms with Gasteiger partial charge in [0.25, 0.3) is 5.56 Å². The van der Waals surface area contributed by atoms with E-state index in [9.17, 15) is 4.79 Å². The molecule has 0 bridgehead atoms. The molecule has 6 nitrogen and oxygen atoms in total. The van der Waals surface area contributed by atoms with Crippen molar-refractivity contribution in [2.24, 2.45) is 0 Å². The van der Waals surface area contributed by atoms with Gasteiger partial charge in [-0.15, -0.1) is 0 Å². The van der Waals surface area contributed by atoms with Crippen LogP contribution in [-0.4, -0.2) is 40.7 Å². The molecule has 0 saturated carbocycles. The Balaban J connectivity index is 1.54. The maximum atomic E-state index is 12.5. The highest BCUT2D eigenvalue weighted by molar-refractivity contribution is 6.30. The third-order valence-electron chi connectivity index (χ3n) is 4.96. The zero-order valence-electron chi connectivity index (χ0n) is 18.0. The van der Waals surface area contributed by atoms with E-state index in [2.05, 4.69) is 23.7 Å². The average molecular weight is 442 g/mol. The van der Waals surface area contributed by atoms with E-state index in [0.717, 1.165) is 43.2 Å². The van der Waals surface area contributed by atoms with Crippen LogP contribution in [0, 0.1) is 0 Å². The summed E-state index contributed by atoms with van der Waals surface area (Å²) in [5.74, 6) is 1.29. The molecular formula is C24H28ClN3O3. The number of pyridine rings is 2. The molecule has 3 rings (SSSR count). The van der Waals surface area contributed by atoms with Gasteiger partial charge in [-0.1, -0.05) is 25.4 Å². The number of hydrogen-bond acceptors (Lipinski definition) is 5. The molecule has 0 spiro atoms. The Labute approximate surface area is 188 Å². The summed E-state index contributed by atoms with van der Waals surface area (Å²) in [5, 5.41) is 0.572. The Kier molecular flexibility index (Phi) is 8.50. The van der Waals surface area contributed by atoms with Gasteiger partial charge in [-0.2, -0.15) is 0 Å². The average Bonchev–Trinajstić information content (AvgIpc) is 2.79. The normalized spacial score (nSPS) is 11.0. The Morgan fingerprint density at radius 1 is 1.00 bits per heavy atom. The Morgan fingerprint density at radius 3 is 2.42 bits per heavy atom. The highest BCUT2D eigenvalue weighted by Crippen LogP contribution is 2.16. The van der Waals surface area contributed by atoms with Crippen molar-refractivity contribution >= 4 is 11.6 Å². The van der Waals surface area contributed by atoms with Gasteiger partial charge in [0, 0.05) is 30.7 Å². The van der Waals surface area contributed by atoms with Gasteiger partial charge in [0.05, 0.1) is 17.3 Å². The highest BCUT2D eigenvalue weighted by atomic mass is 35.5. The minimum Gasteiger partial charge on any atom is -0.494 e. The molecule has 0 aliphatic carbocycles. The SMILES string of the molecule is CCN(CC)CCCOc1ccc(-n2ccc(OCc3ccc(Cl)cn3)cc2=O)cc1. The minimum absolute atomic E-state index is 0.172. The lowest BCUT2D eigenvalue weighted by Crippen LogP contribution is -2.25. The maximum absolute atomic E-state index is 12.5. The number of halogens is 1. The molecule has 31 heavy (non-hydrogen) atoms. The fourth-order valence-electron chi connectivity index (χ4n) is 3.13. The molecule has 0 saturated heterocycles. The quantitative estimate of drug-likeness (QED) is 0.408. The van der Waals surface area contributed by atoms with Gasteiger partial charge >= 0.3 is 0 Å². The Morgan fingerprint density at radius 2 is 1.77 bits per heavy atom. The first-order valence-corrected chi connectivity index (χ1v) is 10.9. The van der Waals surface area contributed by atoms with E-state index in [1.165, 1.54) is 6.07 Å². The summed E-state index contributed by atoms with van der Waals surface area (Å²) in [6, 6.07) is 14.3. The van der Waals surface area contributed by atoms with Gasteiger partial charge in [-0.05, 0) is 62.0 Å². The lowest BCUT2D eigenvalue weighted by molar-refractivity contribution is 0.249. The molecule has 1 aromatic carbocycles. The molecule has 2 heterocycles. The third kappa shape index (κ3) is 6.84. The van der Waals surface area contributed by atoms with Crippen molar-refractivity contribution in [2.75, 3.05) is 26.2 Å². The van der Waals surface area contributed by atoms with Gasteiger partial charge in [-0.3, -0.25) is 14.3 Å². The van der Waals surface area contributed by atoms with Crippen LogP contribution in [0.25, 0.3) is 5.69 Å². The third-order valence-corrected chi connectivity index (χ3v) is 5.19. The topological polar surface area (TPSA) is 56.6 Å². The van der Waals surface area contributed by atoms with Crippen molar-refractivity contribution in [1.82, 2.24) is 14.5 Å². The first kappa shape index (κ1) is 22.8. The van der Waals surface area contributed by atoms with E-state index >= 15 is 0 Å². The number of hydrogen-bond donors (Lipinski definition) is 0. The first-order valence-electron chi connectivity index (χ1n) is 10.5. The number of rotatable bonds is 11. The Hall–Kier alpha value is -2.83. The Bertz CT molecular complexity index is 1000. The molecule has 164 valence electrons. The van der Waals surface area contributed by atoms with E-state index in [0.29, 0.717) is 17.4 Å². The minimum atomic E-state index is -0.172. The van der Waals surface area contributed by atoms with Crippen molar-refractivity contribution in [3.8, 4) is 17.2 Å². The zero-order chi connectivity index (χ0) is 22.1.